The van der Waals surface area contributed by atoms with Gasteiger partial charge in [-0.25, -0.2) is 0 Å². The summed E-state index contributed by atoms with van der Waals surface area (Å²) in [5, 5.41) is 7.80. The molecule has 2 atom stereocenters. The van der Waals surface area contributed by atoms with Crippen molar-refractivity contribution in [1.82, 2.24) is 15.4 Å². The first-order valence-corrected chi connectivity index (χ1v) is 7.59. The summed E-state index contributed by atoms with van der Waals surface area (Å²) >= 11 is 0. The molecule has 4 heteroatoms. The second-order valence-corrected chi connectivity index (χ2v) is 6.13. The summed E-state index contributed by atoms with van der Waals surface area (Å²) in [6.07, 6.45) is 5.33. The van der Waals surface area contributed by atoms with Crippen LogP contribution in [0.5, 0.6) is 0 Å². The molecule has 2 fully saturated rings. The van der Waals surface area contributed by atoms with E-state index >= 15 is 0 Å². The minimum Gasteiger partial charge on any atom is -0.361 e. The molecule has 1 N–H and O–H groups in total. The van der Waals surface area contributed by atoms with Crippen LogP contribution in [0.1, 0.15) is 49.6 Å². The molecule has 0 amide bonds. The van der Waals surface area contributed by atoms with Gasteiger partial charge in [0.15, 0.2) is 0 Å². The van der Waals surface area contributed by atoms with Crippen molar-refractivity contribution in [2.24, 2.45) is 0 Å². The van der Waals surface area contributed by atoms with Crippen molar-refractivity contribution in [2.75, 3.05) is 6.54 Å². The zero-order chi connectivity index (χ0) is 13.4. The summed E-state index contributed by atoms with van der Waals surface area (Å²) in [7, 11) is 0. The molecule has 2 saturated heterocycles. The third kappa shape index (κ3) is 2.56. The molecule has 1 aromatic rings. The number of hydrogen-bond acceptors (Lipinski definition) is 4. The average molecular weight is 263 g/mol. The Kier molecular flexibility index (Phi) is 3.63. The van der Waals surface area contributed by atoms with E-state index < -0.39 is 0 Å². The number of hydrogen-bond donors (Lipinski definition) is 1. The van der Waals surface area contributed by atoms with Crippen LogP contribution in [0.3, 0.4) is 0 Å². The van der Waals surface area contributed by atoms with Crippen molar-refractivity contribution >= 4 is 0 Å². The second kappa shape index (κ2) is 5.25. The Morgan fingerprint density at radius 2 is 1.95 bits per heavy atom. The highest BCUT2D eigenvalue weighted by Gasteiger charge is 2.35. The minimum absolute atomic E-state index is 0.720. The Hall–Kier alpha value is -0.870. The molecule has 4 nitrogen and oxygen atoms in total. The lowest BCUT2D eigenvalue weighted by Crippen LogP contribution is -2.48. The summed E-state index contributed by atoms with van der Waals surface area (Å²) in [4.78, 5) is 2.61. The van der Waals surface area contributed by atoms with Crippen molar-refractivity contribution in [3.63, 3.8) is 0 Å². The minimum atomic E-state index is 0.720. The normalized spacial score (nSPS) is 30.2. The Labute approximate surface area is 115 Å². The van der Waals surface area contributed by atoms with Crippen molar-refractivity contribution in [3.05, 3.63) is 17.0 Å². The van der Waals surface area contributed by atoms with Crippen molar-refractivity contribution in [3.8, 4) is 0 Å². The van der Waals surface area contributed by atoms with Gasteiger partial charge in [-0.2, -0.15) is 0 Å². The molecular weight excluding hydrogens is 238 g/mol. The lowest BCUT2D eigenvalue weighted by atomic mass is 9.97. The molecular formula is C15H25N3O. The maximum atomic E-state index is 5.29. The first-order valence-electron chi connectivity index (χ1n) is 7.59. The summed E-state index contributed by atoms with van der Waals surface area (Å²) in [6, 6.07) is 2.22. The molecule has 106 valence electrons. The van der Waals surface area contributed by atoms with Crippen LogP contribution in [-0.4, -0.2) is 34.7 Å². The number of fused-ring (bicyclic) bond motifs is 2. The van der Waals surface area contributed by atoms with Gasteiger partial charge in [-0.1, -0.05) is 12.1 Å². The van der Waals surface area contributed by atoms with Gasteiger partial charge in [0.1, 0.15) is 5.76 Å². The van der Waals surface area contributed by atoms with Crippen LogP contribution in [0.15, 0.2) is 4.52 Å². The van der Waals surface area contributed by atoms with Crippen LogP contribution in [0.25, 0.3) is 0 Å². The number of nitrogens with zero attached hydrogens (tertiary/aromatic N) is 2. The maximum absolute atomic E-state index is 5.29. The predicted octanol–water partition coefficient (Wildman–Crippen LogP) is 2.40. The summed E-state index contributed by atoms with van der Waals surface area (Å²) in [5.74, 6) is 0.979. The lowest BCUT2D eigenvalue weighted by Gasteiger charge is -2.37. The molecule has 2 aliphatic rings. The predicted molar refractivity (Wildman–Crippen MR) is 75.0 cm³/mol. The Morgan fingerprint density at radius 3 is 2.47 bits per heavy atom. The molecule has 2 bridgehead atoms. The van der Waals surface area contributed by atoms with Crippen molar-refractivity contribution < 1.29 is 4.52 Å². The van der Waals surface area contributed by atoms with Gasteiger partial charge in [0, 0.05) is 30.2 Å². The van der Waals surface area contributed by atoms with E-state index in [1.54, 1.807) is 0 Å². The van der Waals surface area contributed by atoms with Gasteiger partial charge in [0.2, 0.25) is 0 Å². The number of aromatic nitrogens is 1. The zero-order valence-electron chi connectivity index (χ0n) is 12.3. The first-order chi connectivity index (χ1) is 9.17. The molecule has 0 spiro atoms. The fourth-order valence-electron chi connectivity index (χ4n) is 3.76. The molecule has 0 aromatic carbocycles. The van der Waals surface area contributed by atoms with Crippen LogP contribution >= 0.6 is 0 Å². The highest BCUT2D eigenvalue weighted by molar-refractivity contribution is 5.20. The van der Waals surface area contributed by atoms with E-state index in [9.17, 15) is 0 Å². The lowest BCUT2D eigenvalue weighted by molar-refractivity contribution is 0.140. The van der Waals surface area contributed by atoms with E-state index in [0.29, 0.717) is 0 Å². The van der Waals surface area contributed by atoms with Crippen molar-refractivity contribution in [2.45, 2.75) is 71.1 Å². The fourth-order valence-corrected chi connectivity index (χ4v) is 3.76. The SMILES string of the molecule is CCN(Cc1c(C)noc1C)C1CC2CCC(C1)N2. The number of piperidine rings is 1. The fraction of sp³-hybridized carbons (Fsp3) is 0.800. The molecule has 2 aliphatic heterocycles. The quantitative estimate of drug-likeness (QED) is 0.905. The zero-order valence-corrected chi connectivity index (χ0v) is 12.3. The van der Waals surface area contributed by atoms with Crippen LogP contribution < -0.4 is 5.32 Å². The van der Waals surface area contributed by atoms with E-state index in [4.69, 9.17) is 4.52 Å². The Morgan fingerprint density at radius 1 is 1.26 bits per heavy atom. The van der Waals surface area contributed by atoms with Gasteiger partial charge in [-0.15, -0.1) is 0 Å². The highest BCUT2D eigenvalue weighted by Crippen LogP contribution is 2.30. The van der Waals surface area contributed by atoms with Gasteiger partial charge in [0.25, 0.3) is 0 Å². The molecule has 0 aliphatic carbocycles. The second-order valence-electron chi connectivity index (χ2n) is 6.13. The maximum Gasteiger partial charge on any atom is 0.138 e. The Balaban J connectivity index is 1.71. The summed E-state index contributed by atoms with van der Waals surface area (Å²) in [6.45, 7) is 8.43. The Bertz CT molecular complexity index is 411. The smallest absolute Gasteiger partial charge is 0.138 e. The number of rotatable bonds is 4. The number of aryl methyl sites for hydroxylation is 2. The largest absolute Gasteiger partial charge is 0.361 e. The monoisotopic (exact) mass is 263 g/mol. The molecule has 3 rings (SSSR count). The molecule has 1 aromatic heterocycles. The van der Waals surface area contributed by atoms with Gasteiger partial charge in [-0.05, 0) is 46.1 Å². The molecule has 2 unspecified atom stereocenters. The molecule has 0 saturated carbocycles. The van der Waals surface area contributed by atoms with Gasteiger partial charge in [0.05, 0.1) is 5.69 Å². The van der Waals surface area contributed by atoms with E-state index in [2.05, 4.69) is 22.3 Å². The van der Waals surface area contributed by atoms with Gasteiger partial charge in [-0.3, -0.25) is 4.90 Å². The van der Waals surface area contributed by atoms with Crippen LogP contribution in [0, 0.1) is 13.8 Å². The van der Waals surface area contributed by atoms with Crippen LogP contribution in [0.2, 0.25) is 0 Å². The van der Waals surface area contributed by atoms with Gasteiger partial charge >= 0.3 is 0 Å². The van der Waals surface area contributed by atoms with E-state index in [-0.39, 0.29) is 0 Å². The van der Waals surface area contributed by atoms with Gasteiger partial charge < -0.3 is 9.84 Å². The first kappa shape index (κ1) is 13.1. The molecule has 19 heavy (non-hydrogen) atoms. The van der Waals surface area contributed by atoms with E-state index in [1.807, 2.05) is 13.8 Å². The van der Waals surface area contributed by atoms with Crippen LogP contribution in [-0.2, 0) is 6.54 Å². The third-order valence-electron chi connectivity index (χ3n) is 4.91. The number of nitrogens with one attached hydrogen (secondary N) is 1. The third-order valence-corrected chi connectivity index (χ3v) is 4.91. The standard InChI is InChI=1S/C15H25N3O/c1-4-18(9-15-10(2)17-19-11(15)3)14-7-12-5-6-13(8-14)16-12/h12-14,16H,4-9H2,1-3H3. The topological polar surface area (TPSA) is 41.3 Å². The summed E-state index contributed by atoms with van der Waals surface area (Å²) < 4.78 is 5.29. The van der Waals surface area contributed by atoms with Crippen molar-refractivity contribution in [1.29, 1.82) is 0 Å². The molecule has 3 heterocycles. The van der Waals surface area contributed by atoms with E-state index in [1.165, 1.54) is 31.2 Å². The summed E-state index contributed by atoms with van der Waals surface area (Å²) in [5.41, 5.74) is 2.33. The molecule has 0 radical (unpaired) electrons. The highest BCUT2D eigenvalue weighted by atomic mass is 16.5. The van der Waals surface area contributed by atoms with Crippen LogP contribution in [0.4, 0.5) is 0 Å². The average Bonchev–Trinajstić information content (AvgIpc) is 2.90. The van der Waals surface area contributed by atoms with E-state index in [0.717, 1.165) is 42.7 Å².